The van der Waals surface area contributed by atoms with Crippen molar-refractivity contribution in [3.8, 4) is 0 Å². The maximum atomic E-state index is 12.4. The Kier molecular flexibility index (Phi) is 12.9. The second-order valence-corrected chi connectivity index (χ2v) is 7.61. The Labute approximate surface area is 161 Å². The predicted molar refractivity (Wildman–Crippen MR) is 104 cm³/mol. The summed E-state index contributed by atoms with van der Waals surface area (Å²) in [6.07, 6.45) is 4.35. The van der Waals surface area contributed by atoms with Crippen molar-refractivity contribution in [2.24, 2.45) is 11.5 Å². The van der Waals surface area contributed by atoms with E-state index in [9.17, 15) is 24.3 Å². The number of hydrogen-bond donors (Lipinski definition) is 5. The molecule has 0 aliphatic rings. The third-order valence-corrected chi connectivity index (χ3v) is 4.80. The Morgan fingerprint density at radius 3 is 1.88 bits per heavy atom. The molecule has 11 heteroatoms. The van der Waals surface area contributed by atoms with Crippen molar-refractivity contribution in [1.82, 2.24) is 10.6 Å². The molecule has 0 aliphatic carbocycles. The molecule has 0 saturated carbocycles. The molecule has 0 radical (unpaired) electrons. The molecule has 0 aromatic heterocycles. The van der Waals surface area contributed by atoms with Gasteiger partial charge in [0.15, 0.2) is 0 Å². The second-order valence-electron chi connectivity index (χ2n) is 5.64. The third-order valence-electron chi connectivity index (χ3n) is 3.51. The molecule has 0 aromatic carbocycles. The molecule has 3 amide bonds. The standard InChI is InChI=1S/C15H28N4O5S2/c1-25-7-5-10(18-13(21)9(16)3-4-12(17)20)14(22)19-11(15(23)24)6-8-26-2/h9-11H,3-8,16H2,1-2H3,(H2,17,20)(H,18,21)(H,19,22)(H,23,24)/t9-,10-,11-/m0/s1. The monoisotopic (exact) mass is 408 g/mol. The molecule has 0 spiro atoms. The molecule has 0 saturated heterocycles. The van der Waals surface area contributed by atoms with E-state index in [0.717, 1.165) is 0 Å². The lowest BCUT2D eigenvalue weighted by molar-refractivity contribution is -0.142. The number of carboxylic acids is 1. The smallest absolute Gasteiger partial charge is 0.326 e. The largest absolute Gasteiger partial charge is 0.480 e. The van der Waals surface area contributed by atoms with Gasteiger partial charge >= 0.3 is 5.97 Å². The minimum absolute atomic E-state index is 0.0357. The fraction of sp³-hybridized carbons (Fsp3) is 0.733. The normalized spacial score (nSPS) is 14.1. The van der Waals surface area contributed by atoms with Crippen LogP contribution >= 0.6 is 23.5 Å². The van der Waals surface area contributed by atoms with Gasteiger partial charge in [0, 0.05) is 6.42 Å². The fourth-order valence-corrected chi connectivity index (χ4v) is 2.92. The summed E-state index contributed by atoms with van der Waals surface area (Å²) in [6, 6.07) is -2.89. The molecule has 3 atom stereocenters. The van der Waals surface area contributed by atoms with Gasteiger partial charge in [0.2, 0.25) is 17.7 Å². The molecular formula is C15H28N4O5S2. The summed E-state index contributed by atoms with van der Waals surface area (Å²) in [5.41, 5.74) is 10.7. The lowest BCUT2D eigenvalue weighted by Gasteiger charge is -2.22. The molecule has 0 rings (SSSR count). The summed E-state index contributed by atoms with van der Waals surface area (Å²) in [5.74, 6) is -1.66. The highest BCUT2D eigenvalue weighted by Crippen LogP contribution is 2.06. The molecule has 0 unspecified atom stereocenters. The van der Waals surface area contributed by atoms with Crippen molar-refractivity contribution in [2.45, 2.75) is 43.8 Å². The maximum Gasteiger partial charge on any atom is 0.326 e. The third kappa shape index (κ3) is 10.5. The highest BCUT2D eigenvalue weighted by Gasteiger charge is 2.27. The van der Waals surface area contributed by atoms with E-state index in [1.54, 1.807) is 0 Å². The Morgan fingerprint density at radius 1 is 0.923 bits per heavy atom. The van der Waals surface area contributed by atoms with E-state index in [0.29, 0.717) is 17.9 Å². The molecule has 7 N–H and O–H groups in total. The summed E-state index contributed by atoms with van der Waals surface area (Å²) < 4.78 is 0. The summed E-state index contributed by atoms with van der Waals surface area (Å²) in [4.78, 5) is 46.6. The van der Waals surface area contributed by atoms with Crippen molar-refractivity contribution < 1.29 is 24.3 Å². The maximum absolute atomic E-state index is 12.4. The minimum Gasteiger partial charge on any atom is -0.480 e. The predicted octanol–water partition coefficient (Wildman–Crippen LogP) is -0.860. The highest BCUT2D eigenvalue weighted by molar-refractivity contribution is 7.98. The van der Waals surface area contributed by atoms with Crippen LogP contribution in [0.4, 0.5) is 0 Å². The quantitative estimate of drug-likeness (QED) is 0.248. The van der Waals surface area contributed by atoms with Crippen molar-refractivity contribution >= 4 is 47.2 Å². The number of aliphatic carboxylic acids is 1. The Morgan fingerprint density at radius 2 is 1.42 bits per heavy atom. The van der Waals surface area contributed by atoms with Crippen LogP contribution in [0.3, 0.4) is 0 Å². The van der Waals surface area contributed by atoms with Gasteiger partial charge in [0.25, 0.3) is 0 Å². The second kappa shape index (κ2) is 13.7. The van der Waals surface area contributed by atoms with Gasteiger partial charge in [0.1, 0.15) is 12.1 Å². The van der Waals surface area contributed by atoms with Gasteiger partial charge in [-0.15, -0.1) is 0 Å². The van der Waals surface area contributed by atoms with Crippen LogP contribution < -0.4 is 22.1 Å². The van der Waals surface area contributed by atoms with Gasteiger partial charge < -0.3 is 27.2 Å². The molecule has 150 valence electrons. The topological polar surface area (TPSA) is 165 Å². The van der Waals surface area contributed by atoms with Gasteiger partial charge in [-0.05, 0) is 43.3 Å². The van der Waals surface area contributed by atoms with Crippen LogP contribution in [0.25, 0.3) is 0 Å². The first-order chi connectivity index (χ1) is 12.2. The highest BCUT2D eigenvalue weighted by atomic mass is 32.2. The molecule has 0 heterocycles. The van der Waals surface area contributed by atoms with Crippen LogP contribution in [0.5, 0.6) is 0 Å². The first-order valence-electron chi connectivity index (χ1n) is 8.08. The van der Waals surface area contributed by atoms with Crippen LogP contribution in [0.2, 0.25) is 0 Å². The van der Waals surface area contributed by atoms with E-state index in [1.165, 1.54) is 23.5 Å². The van der Waals surface area contributed by atoms with E-state index >= 15 is 0 Å². The summed E-state index contributed by atoms with van der Waals surface area (Å²) in [6.45, 7) is 0. The number of nitrogens with one attached hydrogen (secondary N) is 2. The van der Waals surface area contributed by atoms with E-state index in [1.807, 2.05) is 12.5 Å². The summed E-state index contributed by atoms with van der Waals surface area (Å²) >= 11 is 2.97. The zero-order valence-corrected chi connectivity index (χ0v) is 16.7. The van der Waals surface area contributed by atoms with E-state index < -0.39 is 41.8 Å². The zero-order chi connectivity index (χ0) is 20.1. The summed E-state index contributed by atoms with van der Waals surface area (Å²) in [5, 5.41) is 14.2. The molecule has 26 heavy (non-hydrogen) atoms. The van der Waals surface area contributed by atoms with E-state index in [4.69, 9.17) is 11.5 Å². The Hall–Kier alpha value is -1.46. The molecule has 9 nitrogen and oxygen atoms in total. The van der Waals surface area contributed by atoms with Crippen molar-refractivity contribution in [3.05, 3.63) is 0 Å². The molecule has 0 aromatic rings. The van der Waals surface area contributed by atoms with Crippen LogP contribution in [-0.2, 0) is 19.2 Å². The number of rotatable bonds is 14. The fourth-order valence-electron chi connectivity index (χ4n) is 1.98. The van der Waals surface area contributed by atoms with Gasteiger partial charge in [-0.25, -0.2) is 4.79 Å². The van der Waals surface area contributed by atoms with Crippen molar-refractivity contribution in [1.29, 1.82) is 0 Å². The average molecular weight is 409 g/mol. The SMILES string of the molecule is CSCC[C@H](NC(=O)[C@H](CCSC)NC(=O)[C@@H](N)CCC(N)=O)C(=O)O. The van der Waals surface area contributed by atoms with Gasteiger partial charge in [-0.1, -0.05) is 0 Å². The number of hydrogen-bond acceptors (Lipinski definition) is 7. The van der Waals surface area contributed by atoms with Gasteiger partial charge in [-0.3, -0.25) is 14.4 Å². The molecule has 0 aliphatic heterocycles. The lowest BCUT2D eigenvalue weighted by Crippen LogP contribution is -2.54. The first-order valence-corrected chi connectivity index (χ1v) is 10.9. The van der Waals surface area contributed by atoms with Crippen LogP contribution in [-0.4, -0.2) is 70.9 Å². The average Bonchev–Trinajstić information content (AvgIpc) is 2.59. The lowest BCUT2D eigenvalue weighted by atomic mass is 10.1. The molecule has 0 fully saturated rings. The van der Waals surface area contributed by atoms with Crippen LogP contribution in [0, 0.1) is 0 Å². The Balaban J connectivity index is 4.87. The van der Waals surface area contributed by atoms with Crippen LogP contribution in [0.15, 0.2) is 0 Å². The number of carbonyl (C=O) groups is 4. The van der Waals surface area contributed by atoms with E-state index in [-0.39, 0.29) is 19.3 Å². The van der Waals surface area contributed by atoms with Gasteiger partial charge in [-0.2, -0.15) is 23.5 Å². The van der Waals surface area contributed by atoms with E-state index in [2.05, 4.69) is 10.6 Å². The number of thioether (sulfide) groups is 2. The zero-order valence-electron chi connectivity index (χ0n) is 15.0. The van der Waals surface area contributed by atoms with Crippen molar-refractivity contribution in [3.63, 3.8) is 0 Å². The molecular weight excluding hydrogens is 380 g/mol. The van der Waals surface area contributed by atoms with Gasteiger partial charge in [0.05, 0.1) is 6.04 Å². The van der Waals surface area contributed by atoms with Crippen LogP contribution in [0.1, 0.15) is 25.7 Å². The summed E-state index contributed by atoms with van der Waals surface area (Å²) in [7, 11) is 0. The number of nitrogens with two attached hydrogens (primary N) is 2. The number of amides is 3. The number of carboxylic acid groups (broad SMARTS) is 1. The molecule has 0 bridgehead atoms. The first kappa shape index (κ1) is 24.5. The Bertz CT molecular complexity index is 493. The van der Waals surface area contributed by atoms with Crippen molar-refractivity contribution in [2.75, 3.05) is 24.0 Å². The minimum atomic E-state index is -1.12. The number of primary amides is 1. The number of carbonyl (C=O) groups excluding carboxylic acids is 3.